The molecular formula is C19H24N4O5. The van der Waals surface area contributed by atoms with Gasteiger partial charge in [0.25, 0.3) is 0 Å². The van der Waals surface area contributed by atoms with Crippen LogP contribution in [-0.4, -0.2) is 55.2 Å². The molecule has 2 aromatic rings. The van der Waals surface area contributed by atoms with Crippen molar-refractivity contribution in [1.29, 1.82) is 0 Å². The number of nitrogens with zero attached hydrogens (tertiary/aromatic N) is 2. The van der Waals surface area contributed by atoms with Crippen molar-refractivity contribution < 1.29 is 23.6 Å². The van der Waals surface area contributed by atoms with Crippen LogP contribution in [0.25, 0.3) is 0 Å². The second-order valence-electron chi connectivity index (χ2n) is 6.40. The summed E-state index contributed by atoms with van der Waals surface area (Å²) >= 11 is 0. The minimum absolute atomic E-state index is 0.0516. The van der Waals surface area contributed by atoms with E-state index in [1.54, 1.807) is 20.3 Å². The zero-order chi connectivity index (χ0) is 19.9. The average molecular weight is 388 g/mol. The number of piperazine rings is 1. The molecule has 9 heteroatoms. The lowest BCUT2D eigenvalue weighted by atomic mass is 10.1. The SMILES string of the molecule is COc1cccc(CN2CCNC(=O)C2CC(=O)NCc2ccon2)c1OC. The smallest absolute Gasteiger partial charge is 0.237 e. The number of para-hydroxylation sites is 1. The first-order valence-electron chi connectivity index (χ1n) is 9.00. The number of carbonyl (C=O) groups excluding carboxylic acids is 2. The molecule has 1 aliphatic heterocycles. The van der Waals surface area contributed by atoms with Crippen molar-refractivity contribution in [3.63, 3.8) is 0 Å². The Kier molecular flexibility index (Phi) is 6.49. The predicted molar refractivity (Wildman–Crippen MR) is 99.7 cm³/mol. The Balaban J connectivity index is 1.68. The van der Waals surface area contributed by atoms with Gasteiger partial charge in [-0.15, -0.1) is 0 Å². The van der Waals surface area contributed by atoms with Crippen LogP contribution in [-0.2, 0) is 22.7 Å². The van der Waals surface area contributed by atoms with Crippen LogP contribution in [0.1, 0.15) is 17.7 Å². The van der Waals surface area contributed by atoms with Crippen molar-refractivity contribution in [2.24, 2.45) is 0 Å². The second-order valence-corrected chi connectivity index (χ2v) is 6.40. The number of amides is 2. The van der Waals surface area contributed by atoms with Crippen molar-refractivity contribution >= 4 is 11.8 Å². The molecule has 1 aliphatic rings. The van der Waals surface area contributed by atoms with Gasteiger partial charge in [0.2, 0.25) is 11.8 Å². The van der Waals surface area contributed by atoms with Gasteiger partial charge in [-0.1, -0.05) is 17.3 Å². The molecule has 2 amide bonds. The van der Waals surface area contributed by atoms with Gasteiger partial charge in [0.15, 0.2) is 11.5 Å². The Labute approximate surface area is 163 Å². The zero-order valence-corrected chi connectivity index (χ0v) is 15.9. The molecule has 0 saturated carbocycles. The Hall–Kier alpha value is -3.07. The van der Waals surface area contributed by atoms with E-state index in [0.717, 1.165) is 5.56 Å². The van der Waals surface area contributed by atoms with Crippen LogP contribution in [0.15, 0.2) is 35.1 Å². The van der Waals surface area contributed by atoms with Crippen LogP contribution in [0.4, 0.5) is 0 Å². The maximum absolute atomic E-state index is 12.4. The third-order valence-electron chi connectivity index (χ3n) is 4.64. The molecule has 0 bridgehead atoms. The second kappa shape index (κ2) is 9.23. The minimum atomic E-state index is -0.568. The number of methoxy groups -OCH3 is 2. The summed E-state index contributed by atoms with van der Waals surface area (Å²) < 4.78 is 15.6. The molecule has 150 valence electrons. The van der Waals surface area contributed by atoms with E-state index in [4.69, 9.17) is 14.0 Å². The monoisotopic (exact) mass is 388 g/mol. The van der Waals surface area contributed by atoms with Gasteiger partial charge in [-0.2, -0.15) is 0 Å². The van der Waals surface area contributed by atoms with E-state index in [0.29, 0.717) is 36.8 Å². The zero-order valence-electron chi connectivity index (χ0n) is 15.9. The van der Waals surface area contributed by atoms with Crippen molar-refractivity contribution in [2.75, 3.05) is 27.3 Å². The summed E-state index contributed by atoms with van der Waals surface area (Å²) in [6, 6.07) is 6.73. The first kappa shape index (κ1) is 19.7. The molecule has 0 spiro atoms. The predicted octanol–water partition coefficient (Wildman–Crippen LogP) is 0.699. The fourth-order valence-corrected chi connectivity index (χ4v) is 3.24. The first-order chi connectivity index (χ1) is 13.6. The summed E-state index contributed by atoms with van der Waals surface area (Å²) in [4.78, 5) is 26.8. The molecule has 1 atom stereocenters. The summed E-state index contributed by atoms with van der Waals surface area (Å²) in [7, 11) is 3.16. The van der Waals surface area contributed by atoms with Gasteiger partial charge >= 0.3 is 0 Å². The largest absolute Gasteiger partial charge is 0.493 e. The molecule has 1 fully saturated rings. The van der Waals surface area contributed by atoms with Crippen LogP contribution >= 0.6 is 0 Å². The Morgan fingerprint density at radius 1 is 1.36 bits per heavy atom. The van der Waals surface area contributed by atoms with E-state index in [2.05, 4.69) is 15.8 Å². The van der Waals surface area contributed by atoms with Crippen LogP contribution in [0.5, 0.6) is 11.5 Å². The van der Waals surface area contributed by atoms with Crippen molar-refractivity contribution in [3.05, 3.63) is 41.8 Å². The van der Waals surface area contributed by atoms with Gasteiger partial charge in [-0.05, 0) is 6.07 Å². The number of ether oxygens (including phenoxy) is 2. The lowest BCUT2D eigenvalue weighted by molar-refractivity contribution is -0.134. The maximum Gasteiger partial charge on any atom is 0.237 e. The molecule has 0 aliphatic carbocycles. The van der Waals surface area contributed by atoms with Gasteiger partial charge < -0.3 is 24.6 Å². The van der Waals surface area contributed by atoms with Crippen molar-refractivity contribution in [2.45, 2.75) is 25.6 Å². The summed E-state index contributed by atoms with van der Waals surface area (Å²) in [5.74, 6) is 0.867. The van der Waals surface area contributed by atoms with E-state index in [9.17, 15) is 9.59 Å². The molecule has 2 heterocycles. The molecule has 9 nitrogen and oxygen atoms in total. The molecular weight excluding hydrogens is 364 g/mol. The highest BCUT2D eigenvalue weighted by Crippen LogP contribution is 2.32. The summed E-state index contributed by atoms with van der Waals surface area (Å²) in [5.41, 5.74) is 1.52. The minimum Gasteiger partial charge on any atom is -0.493 e. The summed E-state index contributed by atoms with van der Waals surface area (Å²) in [5, 5.41) is 9.35. The Morgan fingerprint density at radius 2 is 2.21 bits per heavy atom. The maximum atomic E-state index is 12.4. The lowest BCUT2D eigenvalue weighted by Gasteiger charge is -2.35. The van der Waals surface area contributed by atoms with Crippen LogP contribution in [0.3, 0.4) is 0 Å². The summed E-state index contributed by atoms with van der Waals surface area (Å²) in [6.07, 6.45) is 1.50. The molecule has 0 radical (unpaired) electrons. The van der Waals surface area contributed by atoms with Gasteiger partial charge in [-0.25, -0.2) is 0 Å². The molecule has 1 saturated heterocycles. The highest BCUT2D eigenvalue weighted by Gasteiger charge is 2.32. The van der Waals surface area contributed by atoms with Crippen molar-refractivity contribution in [1.82, 2.24) is 20.7 Å². The number of nitrogens with one attached hydrogen (secondary N) is 2. The lowest BCUT2D eigenvalue weighted by Crippen LogP contribution is -2.56. The number of hydrogen-bond donors (Lipinski definition) is 2. The molecule has 28 heavy (non-hydrogen) atoms. The number of aromatic nitrogens is 1. The number of benzene rings is 1. The van der Waals surface area contributed by atoms with Crippen LogP contribution in [0.2, 0.25) is 0 Å². The Bertz CT molecular complexity index is 809. The molecule has 2 N–H and O–H groups in total. The van der Waals surface area contributed by atoms with Gasteiger partial charge in [0.1, 0.15) is 12.0 Å². The topological polar surface area (TPSA) is 106 Å². The third-order valence-corrected chi connectivity index (χ3v) is 4.64. The fourth-order valence-electron chi connectivity index (χ4n) is 3.24. The number of carbonyl (C=O) groups is 2. The van der Waals surface area contributed by atoms with Gasteiger partial charge in [0.05, 0.1) is 33.2 Å². The van der Waals surface area contributed by atoms with Gasteiger partial charge in [-0.3, -0.25) is 14.5 Å². The highest BCUT2D eigenvalue weighted by molar-refractivity contribution is 5.88. The molecule has 3 rings (SSSR count). The standard InChI is InChI=1S/C19H24N4O5/c1-26-16-5-3-4-13(18(16)27-2)12-23-8-7-20-19(25)15(23)10-17(24)21-11-14-6-9-28-22-14/h3-6,9,15H,7-8,10-12H2,1-2H3,(H,20,25)(H,21,24). The normalized spacial score (nSPS) is 17.1. The first-order valence-corrected chi connectivity index (χ1v) is 9.00. The Morgan fingerprint density at radius 3 is 2.93 bits per heavy atom. The quantitative estimate of drug-likeness (QED) is 0.686. The molecule has 1 unspecified atom stereocenters. The van der Waals surface area contributed by atoms with Gasteiger partial charge in [0, 0.05) is 31.3 Å². The van der Waals surface area contributed by atoms with Crippen LogP contribution in [0, 0.1) is 0 Å². The molecule has 1 aromatic carbocycles. The fraction of sp³-hybridized carbons (Fsp3) is 0.421. The number of rotatable bonds is 8. The number of hydrogen-bond acceptors (Lipinski definition) is 7. The van der Waals surface area contributed by atoms with E-state index in [-0.39, 0.29) is 24.8 Å². The van der Waals surface area contributed by atoms with E-state index < -0.39 is 6.04 Å². The average Bonchev–Trinajstić information content (AvgIpc) is 3.22. The van der Waals surface area contributed by atoms with E-state index in [1.165, 1.54) is 6.26 Å². The summed E-state index contributed by atoms with van der Waals surface area (Å²) in [6.45, 7) is 1.89. The van der Waals surface area contributed by atoms with Crippen LogP contribution < -0.4 is 20.1 Å². The third kappa shape index (κ3) is 4.61. The highest BCUT2D eigenvalue weighted by atomic mass is 16.5. The van der Waals surface area contributed by atoms with E-state index in [1.807, 2.05) is 23.1 Å². The van der Waals surface area contributed by atoms with Crippen molar-refractivity contribution in [3.8, 4) is 11.5 Å². The molecule has 1 aromatic heterocycles. The van der Waals surface area contributed by atoms with E-state index >= 15 is 0 Å².